The second kappa shape index (κ2) is 9.53. The molecule has 0 spiro atoms. The fourth-order valence-corrected chi connectivity index (χ4v) is 3.30. The molecule has 0 aliphatic heterocycles. The summed E-state index contributed by atoms with van der Waals surface area (Å²) in [6, 6.07) is 12.7. The van der Waals surface area contributed by atoms with Gasteiger partial charge in [-0.1, -0.05) is 35.5 Å². The minimum Gasteiger partial charge on any atom is -0.346 e. The smallest absolute Gasteiger partial charge is 0.243 e. The van der Waals surface area contributed by atoms with Crippen LogP contribution in [-0.2, 0) is 9.59 Å². The van der Waals surface area contributed by atoms with E-state index in [2.05, 4.69) is 26.2 Å². The maximum Gasteiger partial charge on any atom is 0.243 e. The lowest BCUT2D eigenvalue weighted by Gasteiger charge is -2.11. The van der Waals surface area contributed by atoms with E-state index in [0.29, 0.717) is 10.2 Å². The van der Waals surface area contributed by atoms with Crippen LogP contribution < -0.4 is 10.6 Å². The van der Waals surface area contributed by atoms with Crippen molar-refractivity contribution in [3.8, 4) is 5.69 Å². The molecule has 29 heavy (non-hydrogen) atoms. The second-order valence-corrected chi connectivity index (χ2v) is 7.59. The van der Waals surface area contributed by atoms with Gasteiger partial charge in [-0.2, -0.15) is 4.68 Å². The number of nitrogens with zero attached hydrogens (tertiary/aromatic N) is 4. The van der Waals surface area contributed by atoms with Crippen molar-refractivity contribution in [3.63, 3.8) is 0 Å². The summed E-state index contributed by atoms with van der Waals surface area (Å²) in [4.78, 5) is 24.2. The van der Waals surface area contributed by atoms with Crippen LogP contribution in [0.2, 0.25) is 5.02 Å². The summed E-state index contributed by atoms with van der Waals surface area (Å²) in [5.74, 6) is -0.509. The summed E-state index contributed by atoms with van der Waals surface area (Å²) in [6.07, 6.45) is 0. The highest BCUT2D eigenvalue weighted by Gasteiger charge is 2.13. The van der Waals surface area contributed by atoms with E-state index >= 15 is 0 Å². The summed E-state index contributed by atoms with van der Waals surface area (Å²) in [5.41, 5.74) is 3.55. The normalized spacial score (nSPS) is 10.6. The van der Waals surface area contributed by atoms with E-state index in [-0.39, 0.29) is 24.1 Å². The lowest BCUT2D eigenvalue weighted by atomic mass is 10.1. The third-order valence-corrected chi connectivity index (χ3v) is 5.34. The molecule has 8 nitrogen and oxygen atoms in total. The van der Waals surface area contributed by atoms with Crippen molar-refractivity contribution in [2.45, 2.75) is 19.0 Å². The van der Waals surface area contributed by atoms with Crippen LogP contribution in [0.1, 0.15) is 11.1 Å². The summed E-state index contributed by atoms with van der Waals surface area (Å²) < 4.78 is 1.52. The Labute approximate surface area is 177 Å². The molecule has 0 atom stereocenters. The van der Waals surface area contributed by atoms with Gasteiger partial charge in [-0.3, -0.25) is 9.59 Å². The predicted molar refractivity (Wildman–Crippen MR) is 112 cm³/mol. The number of halogens is 1. The number of rotatable bonds is 7. The summed E-state index contributed by atoms with van der Waals surface area (Å²) >= 11 is 7.06. The van der Waals surface area contributed by atoms with Gasteiger partial charge in [0.1, 0.15) is 0 Å². The zero-order valence-corrected chi connectivity index (χ0v) is 17.4. The van der Waals surface area contributed by atoms with Crippen molar-refractivity contribution in [1.29, 1.82) is 0 Å². The van der Waals surface area contributed by atoms with Gasteiger partial charge in [0.05, 0.1) is 18.0 Å². The quantitative estimate of drug-likeness (QED) is 0.559. The molecule has 0 saturated heterocycles. The fourth-order valence-electron chi connectivity index (χ4n) is 2.45. The molecule has 0 saturated carbocycles. The molecule has 10 heteroatoms. The maximum absolute atomic E-state index is 12.1. The Morgan fingerprint density at radius 1 is 1.10 bits per heavy atom. The molecule has 0 aliphatic carbocycles. The standard InChI is InChI=1S/C19H19ClN6O2S/c1-12-4-3-5-16(13(12)2)22-17(27)10-21-18(28)11-29-19-23-24-25-26(19)15-8-6-14(20)7-9-15/h3-9H,10-11H2,1-2H3,(H,21,28)(H,22,27). The molecular formula is C19H19ClN6O2S. The maximum atomic E-state index is 12.1. The molecule has 0 fully saturated rings. The second-order valence-electron chi connectivity index (χ2n) is 6.21. The molecular weight excluding hydrogens is 412 g/mol. The van der Waals surface area contributed by atoms with Gasteiger partial charge in [0, 0.05) is 10.7 Å². The van der Waals surface area contributed by atoms with Crippen LogP contribution in [-0.4, -0.2) is 44.3 Å². The van der Waals surface area contributed by atoms with Crippen molar-refractivity contribution in [1.82, 2.24) is 25.5 Å². The molecule has 2 amide bonds. The SMILES string of the molecule is Cc1cccc(NC(=O)CNC(=O)CSc2nnnn2-c2ccc(Cl)cc2)c1C. The number of carbonyl (C=O) groups excluding carboxylic acids is 2. The zero-order valence-electron chi connectivity index (χ0n) is 15.8. The summed E-state index contributed by atoms with van der Waals surface area (Å²) in [5, 5.41) is 18.0. The predicted octanol–water partition coefficient (Wildman–Crippen LogP) is 2.78. The summed E-state index contributed by atoms with van der Waals surface area (Å²) in [7, 11) is 0. The number of thioether (sulfide) groups is 1. The number of benzene rings is 2. The molecule has 0 unspecified atom stereocenters. The molecule has 2 N–H and O–H groups in total. The van der Waals surface area contributed by atoms with Crippen molar-refractivity contribution < 1.29 is 9.59 Å². The van der Waals surface area contributed by atoms with E-state index in [9.17, 15) is 9.59 Å². The van der Waals surface area contributed by atoms with Gasteiger partial charge in [0.15, 0.2) is 0 Å². The molecule has 1 aromatic heterocycles. The van der Waals surface area contributed by atoms with Crippen LogP contribution in [0.25, 0.3) is 5.69 Å². The molecule has 3 rings (SSSR count). The molecule has 150 valence electrons. The molecule has 2 aromatic carbocycles. The first-order valence-corrected chi connectivity index (χ1v) is 10.1. The van der Waals surface area contributed by atoms with E-state index in [1.54, 1.807) is 24.3 Å². The Balaban J connectivity index is 1.49. The monoisotopic (exact) mass is 430 g/mol. The largest absolute Gasteiger partial charge is 0.346 e. The number of aromatic nitrogens is 4. The Kier molecular flexibility index (Phi) is 6.84. The number of carbonyl (C=O) groups is 2. The summed E-state index contributed by atoms with van der Waals surface area (Å²) in [6.45, 7) is 3.79. The first-order valence-electron chi connectivity index (χ1n) is 8.74. The van der Waals surface area contributed by atoms with Crippen LogP contribution in [0.4, 0.5) is 5.69 Å². The molecule has 1 heterocycles. The van der Waals surface area contributed by atoms with Crippen molar-refractivity contribution >= 4 is 40.9 Å². The average molecular weight is 431 g/mol. The number of hydrogen-bond acceptors (Lipinski definition) is 6. The van der Waals surface area contributed by atoms with E-state index in [4.69, 9.17) is 11.6 Å². The molecule has 0 bridgehead atoms. The number of anilines is 1. The van der Waals surface area contributed by atoms with Gasteiger partial charge >= 0.3 is 0 Å². The fraction of sp³-hybridized carbons (Fsp3) is 0.211. The number of hydrogen-bond donors (Lipinski definition) is 2. The van der Waals surface area contributed by atoms with Crippen LogP contribution in [0.3, 0.4) is 0 Å². The van der Waals surface area contributed by atoms with Crippen molar-refractivity contribution in [2.75, 3.05) is 17.6 Å². The lowest BCUT2D eigenvalue weighted by molar-refractivity contribution is -0.122. The van der Waals surface area contributed by atoms with Gasteiger partial charge in [-0.25, -0.2) is 0 Å². The van der Waals surface area contributed by atoms with Crippen molar-refractivity contribution in [2.24, 2.45) is 0 Å². The molecule has 3 aromatic rings. The average Bonchev–Trinajstić information content (AvgIpc) is 3.17. The third-order valence-electron chi connectivity index (χ3n) is 4.17. The van der Waals surface area contributed by atoms with Gasteiger partial charge < -0.3 is 10.6 Å². The Bertz CT molecular complexity index is 1020. The highest BCUT2D eigenvalue weighted by molar-refractivity contribution is 7.99. The number of aryl methyl sites for hydroxylation is 1. The van der Waals surface area contributed by atoms with Crippen LogP contribution >= 0.6 is 23.4 Å². The van der Waals surface area contributed by atoms with E-state index in [1.165, 1.54) is 16.4 Å². The Morgan fingerprint density at radius 3 is 2.62 bits per heavy atom. The number of tetrazole rings is 1. The van der Waals surface area contributed by atoms with Gasteiger partial charge in [0.25, 0.3) is 0 Å². The van der Waals surface area contributed by atoms with E-state index in [1.807, 2.05) is 32.0 Å². The number of amides is 2. The van der Waals surface area contributed by atoms with Crippen molar-refractivity contribution in [3.05, 3.63) is 58.6 Å². The third kappa shape index (κ3) is 5.55. The van der Waals surface area contributed by atoms with E-state index in [0.717, 1.165) is 22.5 Å². The minimum atomic E-state index is -0.295. The zero-order chi connectivity index (χ0) is 20.8. The Hall–Kier alpha value is -2.91. The minimum absolute atomic E-state index is 0.0741. The van der Waals surface area contributed by atoms with Crippen LogP contribution in [0, 0.1) is 13.8 Å². The van der Waals surface area contributed by atoms with Crippen LogP contribution in [0.15, 0.2) is 47.6 Å². The molecule has 0 radical (unpaired) electrons. The lowest BCUT2D eigenvalue weighted by Crippen LogP contribution is -2.34. The van der Waals surface area contributed by atoms with Gasteiger partial charge in [-0.15, -0.1) is 5.10 Å². The highest BCUT2D eigenvalue weighted by Crippen LogP contribution is 2.20. The van der Waals surface area contributed by atoms with E-state index < -0.39 is 0 Å². The topological polar surface area (TPSA) is 102 Å². The van der Waals surface area contributed by atoms with Crippen LogP contribution in [0.5, 0.6) is 0 Å². The highest BCUT2D eigenvalue weighted by atomic mass is 35.5. The van der Waals surface area contributed by atoms with Gasteiger partial charge in [-0.05, 0) is 65.7 Å². The molecule has 0 aliphatic rings. The first kappa shape index (κ1) is 20.8. The first-order chi connectivity index (χ1) is 13.9. The van der Waals surface area contributed by atoms with Gasteiger partial charge in [0.2, 0.25) is 17.0 Å². The Morgan fingerprint density at radius 2 is 1.86 bits per heavy atom. The number of nitrogens with one attached hydrogen (secondary N) is 2.